The molecule has 0 saturated heterocycles. The molecule has 3 rings (SSSR count). The van der Waals surface area contributed by atoms with Gasteiger partial charge in [0, 0.05) is 32.0 Å². The predicted octanol–water partition coefficient (Wildman–Crippen LogP) is 5.61. The fourth-order valence-corrected chi connectivity index (χ4v) is 2.73. The Morgan fingerprint density at radius 2 is 1.27 bits per heavy atom. The van der Waals surface area contributed by atoms with Crippen molar-refractivity contribution in [1.82, 2.24) is 0 Å². The van der Waals surface area contributed by atoms with Gasteiger partial charge in [-0.25, -0.2) is 0 Å². The fraction of sp³-hybridized carbons (Fsp3) is 0. The summed E-state index contributed by atoms with van der Waals surface area (Å²) in [5.41, 5.74) is 2.26. The van der Waals surface area contributed by atoms with Crippen molar-refractivity contribution >= 4 is 50.7 Å². The summed E-state index contributed by atoms with van der Waals surface area (Å²) in [4.78, 5) is 24.5. The lowest BCUT2D eigenvalue weighted by Crippen LogP contribution is -2.13. The number of rotatable bonds is 4. The number of hydrogen-bond acceptors (Lipinski definition) is 2. The zero-order valence-electron chi connectivity index (χ0n) is 13.5. The summed E-state index contributed by atoms with van der Waals surface area (Å²) in [6.07, 6.45) is 0. The molecule has 6 heteroatoms. The van der Waals surface area contributed by atoms with E-state index in [0.29, 0.717) is 27.5 Å². The Labute approximate surface area is 164 Å². The first kappa shape index (κ1) is 18.2. The van der Waals surface area contributed by atoms with E-state index in [-0.39, 0.29) is 11.8 Å². The summed E-state index contributed by atoms with van der Waals surface area (Å²) in [7, 11) is 0. The van der Waals surface area contributed by atoms with Gasteiger partial charge in [0.1, 0.15) is 0 Å². The highest BCUT2D eigenvalue weighted by Gasteiger charge is 2.09. The van der Waals surface area contributed by atoms with Crippen molar-refractivity contribution in [2.75, 3.05) is 10.6 Å². The zero-order chi connectivity index (χ0) is 18.5. The van der Waals surface area contributed by atoms with E-state index in [1.165, 1.54) is 0 Å². The van der Waals surface area contributed by atoms with Crippen LogP contribution in [0.1, 0.15) is 20.7 Å². The van der Waals surface area contributed by atoms with E-state index in [9.17, 15) is 9.59 Å². The third-order valence-corrected chi connectivity index (χ3v) is 4.36. The van der Waals surface area contributed by atoms with Crippen molar-refractivity contribution in [2.24, 2.45) is 0 Å². The Morgan fingerprint density at radius 3 is 1.85 bits per heavy atom. The lowest BCUT2D eigenvalue weighted by molar-refractivity contribution is 0.102. The monoisotopic (exact) mass is 428 g/mol. The highest BCUT2D eigenvalue weighted by molar-refractivity contribution is 9.10. The molecule has 0 saturated carbocycles. The normalized spacial score (nSPS) is 10.2. The van der Waals surface area contributed by atoms with Gasteiger partial charge in [-0.3, -0.25) is 9.59 Å². The summed E-state index contributed by atoms with van der Waals surface area (Å²) in [6.45, 7) is 0. The molecule has 0 atom stereocenters. The lowest BCUT2D eigenvalue weighted by Gasteiger charge is -2.08. The van der Waals surface area contributed by atoms with E-state index in [1.807, 2.05) is 0 Å². The van der Waals surface area contributed by atoms with Crippen LogP contribution in [0, 0.1) is 0 Å². The van der Waals surface area contributed by atoms with Crippen molar-refractivity contribution in [3.05, 3.63) is 93.4 Å². The number of anilines is 2. The predicted molar refractivity (Wildman–Crippen MR) is 108 cm³/mol. The molecule has 3 aromatic carbocycles. The molecule has 3 aromatic rings. The van der Waals surface area contributed by atoms with Gasteiger partial charge in [-0.15, -0.1) is 0 Å². The van der Waals surface area contributed by atoms with Crippen molar-refractivity contribution in [2.45, 2.75) is 0 Å². The van der Waals surface area contributed by atoms with Crippen LogP contribution in [0.4, 0.5) is 11.4 Å². The standard InChI is InChI=1S/C20H14BrClN2O2/c21-15-8-4-13(5-9-15)19(25)23-17-10-6-14(7-11-17)20(26)24-18-3-1-2-16(22)12-18/h1-12H,(H,23,25)(H,24,26). The molecule has 0 spiro atoms. The topological polar surface area (TPSA) is 58.2 Å². The van der Waals surface area contributed by atoms with Gasteiger partial charge in [-0.05, 0) is 66.7 Å². The van der Waals surface area contributed by atoms with Crippen LogP contribution in [0.5, 0.6) is 0 Å². The van der Waals surface area contributed by atoms with Crippen molar-refractivity contribution in [3.63, 3.8) is 0 Å². The van der Waals surface area contributed by atoms with E-state index in [1.54, 1.807) is 72.8 Å². The lowest BCUT2D eigenvalue weighted by atomic mass is 10.1. The van der Waals surface area contributed by atoms with Gasteiger partial charge in [0.05, 0.1) is 0 Å². The van der Waals surface area contributed by atoms with Gasteiger partial charge in [-0.2, -0.15) is 0 Å². The zero-order valence-corrected chi connectivity index (χ0v) is 15.8. The average molecular weight is 430 g/mol. The summed E-state index contributed by atoms with van der Waals surface area (Å²) in [6, 6.07) is 20.7. The van der Waals surface area contributed by atoms with Crippen LogP contribution in [0.15, 0.2) is 77.3 Å². The van der Waals surface area contributed by atoms with E-state index >= 15 is 0 Å². The van der Waals surface area contributed by atoms with E-state index < -0.39 is 0 Å². The number of halogens is 2. The number of carbonyl (C=O) groups is 2. The average Bonchev–Trinajstić information content (AvgIpc) is 2.63. The molecule has 2 N–H and O–H groups in total. The van der Waals surface area contributed by atoms with Crippen LogP contribution in [0.2, 0.25) is 5.02 Å². The summed E-state index contributed by atoms with van der Waals surface area (Å²) < 4.78 is 0.907. The van der Waals surface area contributed by atoms with Crippen LogP contribution in [0.3, 0.4) is 0 Å². The smallest absolute Gasteiger partial charge is 0.255 e. The quantitative estimate of drug-likeness (QED) is 0.566. The van der Waals surface area contributed by atoms with E-state index in [2.05, 4.69) is 26.6 Å². The molecule has 0 aliphatic heterocycles. The molecular weight excluding hydrogens is 416 g/mol. The summed E-state index contributed by atoms with van der Waals surface area (Å²) in [5, 5.41) is 6.12. The van der Waals surface area contributed by atoms with Gasteiger partial charge >= 0.3 is 0 Å². The molecule has 0 heterocycles. The van der Waals surface area contributed by atoms with Crippen LogP contribution in [0.25, 0.3) is 0 Å². The minimum absolute atomic E-state index is 0.214. The molecule has 0 bridgehead atoms. The minimum Gasteiger partial charge on any atom is -0.322 e. The number of hydrogen-bond donors (Lipinski definition) is 2. The second-order valence-corrected chi connectivity index (χ2v) is 6.85. The third kappa shape index (κ3) is 4.71. The van der Waals surface area contributed by atoms with Crippen LogP contribution in [-0.4, -0.2) is 11.8 Å². The number of amides is 2. The molecule has 0 aromatic heterocycles. The molecule has 0 fully saturated rings. The molecule has 26 heavy (non-hydrogen) atoms. The Balaban J connectivity index is 1.65. The maximum Gasteiger partial charge on any atom is 0.255 e. The Kier molecular flexibility index (Phi) is 5.71. The van der Waals surface area contributed by atoms with E-state index in [0.717, 1.165) is 4.47 Å². The molecule has 0 radical (unpaired) electrons. The Bertz CT molecular complexity index is 941. The van der Waals surface area contributed by atoms with E-state index in [4.69, 9.17) is 11.6 Å². The van der Waals surface area contributed by atoms with Gasteiger partial charge in [0.25, 0.3) is 11.8 Å². The summed E-state index contributed by atoms with van der Waals surface area (Å²) >= 11 is 9.24. The van der Waals surface area contributed by atoms with Gasteiger partial charge in [-0.1, -0.05) is 33.6 Å². The SMILES string of the molecule is O=C(Nc1ccc(C(=O)Nc2cccc(Cl)c2)cc1)c1ccc(Br)cc1. The van der Waals surface area contributed by atoms with Crippen LogP contribution in [-0.2, 0) is 0 Å². The molecule has 0 aliphatic carbocycles. The Hall–Kier alpha value is -2.63. The van der Waals surface area contributed by atoms with Crippen molar-refractivity contribution in [1.29, 1.82) is 0 Å². The number of benzene rings is 3. The number of nitrogens with one attached hydrogen (secondary N) is 2. The van der Waals surface area contributed by atoms with Crippen molar-refractivity contribution in [3.8, 4) is 0 Å². The highest BCUT2D eigenvalue weighted by atomic mass is 79.9. The first-order valence-electron chi connectivity index (χ1n) is 7.75. The first-order valence-corrected chi connectivity index (χ1v) is 8.92. The second kappa shape index (κ2) is 8.17. The van der Waals surface area contributed by atoms with Gasteiger partial charge < -0.3 is 10.6 Å². The molecule has 4 nitrogen and oxygen atoms in total. The minimum atomic E-state index is -0.252. The molecular formula is C20H14BrClN2O2. The summed E-state index contributed by atoms with van der Waals surface area (Å²) in [5.74, 6) is -0.466. The van der Waals surface area contributed by atoms with Crippen molar-refractivity contribution < 1.29 is 9.59 Å². The molecule has 2 amide bonds. The number of carbonyl (C=O) groups excluding carboxylic acids is 2. The van der Waals surface area contributed by atoms with Gasteiger partial charge in [0.15, 0.2) is 0 Å². The molecule has 0 unspecified atom stereocenters. The maximum absolute atomic E-state index is 12.3. The van der Waals surface area contributed by atoms with Gasteiger partial charge in [0.2, 0.25) is 0 Å². The first-order chi connectivity index (χ1) is 12.5. The Morgan fingerprint density at radius 1 is 0.731 bits per heavy atom. The maximum atomic E-state index is 12.3. The van der Waals surface area contributed by atoms with Crippen LogP contribution >= 0.6 is 27.5 Å². The highest BCUT2D eigenvalue weighted by Crippen LogP contribution is 2.17. The molecule has 130 valence electrons. The third-order valence-electron chi connectivity index (χ3n) is 3.59. The fourth-order valence-electron chi connectivity index (χ4n) is 2.28. The molecule has 0 aliphatic rings. The largest absolute Gasteiger partial charge is 0.322 e. The van der Waals surface area contributed by atoms with Crippen LogP contribution < -0.4 is 10.6 Å². The second-order valence-electron chi connectivity index (χ2n) is 5.50.